The largest absolute Gasteiger partial charge is 0.478 e. The van der Waals surface area contributed by atoms with Crippen molar-refractivity contribution in [1.29, 1.82) is 0 Å². The number of anilines is 1. The fourth-order valence-corrected chi connectivity index (χ4v) is 3.93. The molecule has 0 aromatic heterocycles. The summed E-state index contributed by atoms with van der Waals surface area (Å²) in [6, 6.07) is 19.0. The van der Waals surface area contributed by atoms with Crippen molar-refractivity contribution in [3.8, 4) is 33.7 Å². The highest BCUT2D eigenvalue weighted by Crippen LogP contribution is 2.39. The van der Waals surface area contributed by atoms with Crippen molar-refractivity contribution in [1.82, 2.24) is 4.98 Å². The molecule has 1 aliphatic heterocycles. The summed E-state index contributed by atoms with van der Waals surface area (Å²) in [6.45, 7) is 0. The predicted molar refractivity (Wildman–Crippen MR) is 126 cm³/mol. The van der Waals surface area contributed by atoms with Gasteiger partial charge in [0.15, 0.2) is 11.3 Å². The minimum absolute atomic E-state index is 0.0414. The maximum atomic E-state index is 12.7. The lowest BCUT2D eigenvalue weighted by Crippen LogP contribution is -2.12. The number of carboxylic acid groups (broad SMARTS) is 2. The van der Waals surface area contributed by atoms with E-state index in [1.54, 1.807) is 42.5 Å². The van der Waals surface area contributed by atoms with E-state index < -0.39 is 17.4 Å². The number of aromatic nitrogens is 1. The summed E-state index contributed by atoms with van der Waals surface area (Å²) in [7, 11) is 0. The highest BCUT2D eigenvalue weighted by atomic mass is 16.4. The Morgan fingerprint density at radius 3 is 2.12 bits per heavy atom. The third-order valence-electron chi connectivity index (χ3n) is 5.52. The summed E-state index contributed by atoms with van der Waals surface area (Å²) in [4.78, 5) is 40.2. The Labute approximate surface area is 191 Å². The number of nitrogens with two attached hydrogens (primary N) is 1. The van der Waals surface area contributed by atoms with Gasteiger partial charge in [-0.3, -0.25) is 4.79 Å². The zero-order valence-corrected chi connectivity index (χ0v) is 17.5. The average Bonchev–Trinajstić information content (AvgIpc) is 2.83. The summed E-state index contributed by atoms with van der Waals surface area (Å²) in [5.74, 6) is -1.99. The van der Waals surface area contributed by atoms with Crippen molar-refractivity contribution in [2.45, 2.75) is 0 Å². The minimum atomic E-state index is -1.11. The second-order valence-electron chi connectivity index (χ2n) is 7.65. The number of hydrogen-bond acceptors (Lipinski definition) is 6. The summed E-state index contributed by atoms with van der Waals surface area (Å²) in [6.07, 6.45) is 0. The van der Waals surface area contributed by atoms with E-state index in [0.29, 0.717) is 33.5 Å². The van der Waals surface area contributed by atoms with Crippen LogP contribution < -0.4 is 11.2 Å². The Kier molecular flexibility index (Phi) is 4.83. The zero-order chi connectivity index (χ0) is 24.0. The van der Waals surface area contributed by atoms with Crippen LogP contribution in [0.4, 0.5) is 5.69 Å². The topological polar surface area (TPSA) is 144 Å². The van der Waals surface area contributed by atoms with E-state index in [1.165, 1.54) is 30.3 Å². The van der Waals surface area contributed by atoms with E-state index in [0.717, 1.165) is 0 Å². The van der Waals surface area contributed by atoms with Gasteiger partial charge in [-0.15, -0.1) is 0 Å². The number of para-hydroxylation sites is 1. The van der Waals surface area contributed by atoms with Crippen LogP contribution in [-0.4, -0.2) is 27.1 Å². The second kappa shape index (κ2) is 7.86. The normalized spacial score (nSPS) is 11.1. The van der Waals surface area contributed by atoms with Crippen molar-refractivity contribution in [3.05, 3.63) is 94.1 Å². The van der Waals surface area contributed by atoms with Crippen LogP contribution in [0.5, 0.6) is 0 Å². The molecule has 3 aromatic carbocycles. The Bertz CT molecular complexity index is 1650. The molecule has 0 radical (unpaired) electrons. The lowest BCUT2D eigenvalue weighted by molar-refractivity contribution is 0.0686. The van der Waals surface area contributed by atoms with E-state index in [-0.39, 0.29) is 28.1 Å². The standard InChI is InChI=1S/C26H16N2O6/c27-22-19(29)12-20-23(21(22)14-5-2-7-16(11-14)26(32)33)28-18-9-3-8-17(24(18)34-20)13-4-1-6-15(10-13)25(30)31/h1-12H,27H2,(H,30,31)(H,32,33). The van der Waals surface area contributed by atoms with Gasteiger partial charge in [-0.05, 0) is 41.5 Å². The first-order valence-corrected chi connectivity index (χ1v) is 10.2. The van der Waals surface area contributed by atoms with Gasteiger partial charge >= 0.3 is 11.9 Å². The van der Waals surface area contributed by atoms with Gasteiger partial charge in [0.1, 0.15) is 11.2 Å². The number of carboxylic acids is 2. The highest BCUT2D eigenvalue weighted by Gasteiger charge is 2.22. The minimum Gasteiger partial charge on any atom is -0.478 e. The Morgan fingerprint density at radius 2 is 1.44 bits per heavy atom. The van der Waals surface area contributed by atoms with Crippen molar-refractivity contribution >= 4 is 28.7 Å². The number of fused-ring (bicyclic) bond motifs is 2. The molecule has 166 valence electrons. The molecule has 0 saturated heterocycles. The van der Waals surface area contributed by atoms with Gasteiger partial charge in [0.2, 0.25) is 5.43 Å². The quantitative estimate of drug-likeness (QED) is 0.265. The molecule has 0 bridgehead atoms. The highest BCUT2D eigenvalue weighted by molar-refractivity contribution is 5.98. The monoisotopic (exact) mass is 452 g/mol. The van der Waals surface area contributed by atoms with Gasteiger partial charge in [-0.1, -0.05) is 36.4 Å². The number of nitrogen functional groups attached to an aromatic ring is 1. The van der Waals surface area contributed by atoms with Gasteiger partial charge in [-0.25, -0.2) is 14.6 Å². The van der Waals surface area contributed by atoms with E-state index in [9.17, 15) is 24.6 Å². The first-order valence-electron chi connectivity index (χ1n) is 10.2. The summed E-state index contributed by atoms with van der Waals surface area (Å²) >= 11 is 0. The van der Waals surface area contributed by atoms with Crippen LogP contribution in [0.25, 0.3) is 44.8 Å². The molecule has 0 spiro atoms. The first kappa shape index (κ1) is 20.9. The molecule has 8 nitrogen and oxygen atoms in total. The van der Waals surface area contributed by atoms with Crippen LogP contribution in [-0.2, 0) is 0 Å². The van der Waals surface area contributed by atoms with Crippen molar-refractivity contribution in [3.63, 3.8) is 0 Å². The molecule has 5 rings (SSSR count). The van der Waals surface area contributed by atoms with Crippen molar-refractivity contribution in [2.24, 2.45) is 0 Å². The molecule has 0 amide bonds. The smallest absolute Gasteiger partial charge is 0.335 e. The molecule has 1 heterocycles. The van der Waals surface area contributed by atoms with E-state index in [2.05, 4.69) is 0 Å². The molecular formula is C26H16N2O6. The van der Waals surface area contributed by atoms with Gasteiger partial charge in [0.25, 0.3) is 0 Å². The molecule has 2 aliphatic rings. The molecule has 8 heteroatoms. The third kappa shape index (κ3) is 3.43. The second-order valence-corrected chi connectivity index (χ2v) is 7.65. The summed E-state index contributed by atoms with van der Waals surface area (Å²) in [5.41, 5.74) is 8.79. The third-order valence-corrected chi connectivity index (χ3v) is 5.52. The molecular weight excluding hydrogens is 436 g/mol. The van der Waals surface area contributed by atoms with Crippen LogP contribution in [0.2, 0.25) is 0 Å². The van der Waals surface area contributed by atoms with Crippen LogP contribution in [0, 0.1) is 0 Å². The molecule has 0 saturated carbocycles. The molecule has 34 heavy (non-hydrogen) atoms. The summed E-state index contributed by atoms with van der Waals surface area (Å²) in [5, 5.41) is 18.7. The van der Waals surface area contributed by atoms with Gasteiger partial charge in [0.05, 0.1) is 16.8 Å². The maximum Gasteiger partial charge on any atom is 0.335 e. The maximum absolute atomic E-state index is 12.7. The van der Waals surface area contributed by atoms with Crippen LogP contribution in [0.3, 0.4) is 0 Å². The Morgan fingerprint density at radius 1 is 0.824 bits per heavy atom. The molecule has 4 N–H and O–H groups in total. The number of nitrogens with zero attached hydrogens (tertiary/aromatic N) is 1. The first-order chi connectivity index (χ1) is 16.3. The number of aromatic carboxylic acids is 2. The summed E-state index contributed by atoms with van der Waals surface area (Å²) < 4.78 is 6.13. The van der Waals surface area contributed by atoms with Gasteiger partial charge in [0, 0.05) is 17.2 Å². The zero-order valence-electron chi connectivity index (χ0n) is 17.5. The lowest BCUT2D eigenvalue weighted by Gasteiger charge is -2.15. The van der Waals surface area contributed by atoms with Crippen molar-refractivity contribution < 1.29 is 24.2 Å². The molecule has 0 fully saturated rings. The Balaban J connectivity index is 1.80. The number of hydrogen-bond donors (Lipinski definition) is 3. The van der Waals surface area contributed by atoms with Gasteiger partial charge < -0.3 is 20.4 Å². The number of rotatable bonds is 4. The molecule has 1 aliphatic carbocycles. The predicted octanol–water partition coefficient (Wildman–Crippen LogP) is 4.61. The Hall–Kier alpha value is -4.98. The SMILES string of the molecule is Nc1c(-c2cccc(C(=O)O)c2)c2nc3cccc(-c4cccc(C(=O)O)c4)c3oc-2cc1=O. The molecule has 3 aromatic rings. The molecule has 0 unspecified atom stereocenters. The fourth-order valence-electron chi connectivity index (χ4n) is 3.93. The van der Waals surface area contributed by atoms with E-state index >= 15 is 0 Å². The van der Waals surface area contributed by atoms with Crippen LogP contribution in [0.1, 0.15) is 20.7 Å². The van der Waals surface area contributed by atoms with E-state index in [4.69, 9.17) is 15.1 Å². The molecule has 0 atom stereocenters. The fraction of sp³-hybridized carbons (Fsp3) is 0. The average molecular weight is 452 g/mol. The van der Waals surface area contributed by atoms with Gasteiger partial charge in [-0.2, -0.15) is 0 Å². The number of benzene rings is 4. The number of carbonyl (C=O) groups is 2. The van der Waals surface area contributed by atoms with Crippen LogP contribution >= 0.6 is 0 Å². The van der Waals surface area contributed by atoms with Crippen molar-refractivity contribution in [2.75, 3.05) is 5.73 Å². The van der Waals surface area contributed by atoms with Crippen LogP contribution in [0.15, 0.2) is 82.0 Å². The van der Waals surface area contributed by atoms with E-state index in [1.807, 2.05) is 0 Å². The lowest BCUT2D eigenvalue weighted by atomic mass is 9.96.